The van der Waals surface area contributed by atoms with Crippen LogP contribution in [0.5, 0.6) is 0 Å². The Morgan fingerprint density at radius 3 is 2.00 bits per heavy atom. The highest BCUT2D eigenvalue weighted by molar-refractivity contribution is 4.55. The Hall–Kier alpha value is -0.0800. The number of nitrogens with zero attached hydrogens (tertiary/aromatic N) is 1. The Labute approximate surface area is 82.9 Å². The van der Waals surface area contributed by atoms with Gasteiger partial charge in [0, 0.05) is 6.61 Å². The van der Waals surface area contributed by atoms with Crippen LogP contribution in [0.3, 0.4) is 0 Å². The van der Waals surface area contributed by atoms with E-state index in [4.69, 9.17) is 5.11 Å². The third kappa shape index (κ3) is 8.26. The van der Waals surface area contributed by atoms with Crippen molar-refractivity contribution in [2.45, 2.75) is 46.0 Å². The summed E-state index contributed by atoms with van der Waals surface area (Å²) in [5, 5.41) is 8.65. The van der Waals surface area contributed by atoms with Crippen molar-refractivity contribution < 1.29 is 5.11 Å². The fourth-order valence-electron chi connectivity index (χ4n) is 1.46. The number of hydrogen-bond donors (Lipinski definition) is 1. The van der Waals surface area contributed by atoms with Crippen LogP contribution in [0.1, 0.15) is 46.0 Å². The lowest BCUT2D eigenvalue weighted by Gasteiger charge is -2.19. The number of aliphatic hydroxyl groups excluding tert-OH is 1. The largest absolute Gasteiger partial charge is 0.396 e. The first kappa shape index (κ1) is 12.9. The third-order valence-corrected chi connectivity index (χ3v) is 2.41. The number of hydrogen-bond acceptors (Lipinski definition) is 2. The lowest BCUT2D eigenvalue weighted by atomic mass is 10.2. The van der Waals surface area contributed by atoms with Crippen molar-refractivity contribution in [2.24, 2.45) is 0 Å². The first-order chi connectivity index (χ1) is 6.35. The molecule has 0 aliphatic heterocycles. The van der Waals surface area contributed by atoms with Crippen LogP contribution in [0.2, 0.25) is 0 Å². The summed E-state index contributed by atoms with van der Waals surface area (Å²) in [4.78, 5) is 2.48. The van der Waals surface area contributed by atoms with Crippen LogP contribution in [0.15, 0.2) is 0 Å². The van der Waals surface area contributed by atoms with Gasteiger partial charge >= 0.3 is 0 Å². The maximum Gasteiger partial charge on any atom is 0.0431 e. The van der Waals surface area contributed by atoms with Gasteiger partial charge in [0.25, 0.3) is 0 Å². The molecule has 0 fully saturated rings. The van der Waals surface area contributed by atoms with E-state index in [1.807, 2.05) is 0 Å². The van der Waals surface area contributed by atoms with Crippen molar-refractivity contribution in [1.29, 1.82) is 0 Å². The van der Waals surface area contributed by atoms with Crippen molar-refractivity contribution in [3.05, 3.63) is 0 Å². The van der Waals surface area contributed by atoms with Gasteiger partial charge in [-0.25, -0.2) is 0 Å². The Morgan fingerprint density at radius 1 is 0.923 bits per heavy atom. The minimum absolute atomic E-state index is 0.340. The van der Waals surface area contributed by atoms with Crippen molar-refractivity contribution in [1.82, 2.24) is 4.90 Å². The van der Waals surface area contributed by atoms with Crippen LogP contribution < -0.4 is 0 Å². The van der Waals surface area contributed by atoms with Crippen LogP contribution >= 0.6 is 0 Å². The van der Waals surface area contributed by atoms with Gasteiger partial charge in [0.2, 0.25) is 0 Å². The predicted octanol–water partition coefficient (Wildman–Crippen LogP) is 2.27. The molecule has 0 aliphatic rings. The van der Waals surface area contributed by atoms with Crippen LogP contribution in [0.4, 0.5) is 0 Å². The second-order valence-corrected chi connectivity index (χ2v) is 3.57. The van der Waals surface area contributed by atoms with E-state index in [9.17, 15) is 0 Å². The molecular formula is C11H25NO. The second kappa shape index (κ2) is 10.0. The van der Waals surface area contributed by atoms with Crippen LogP contribution in [0.25, 0.3) is 0 Å². The summed E-state index contributed by atoms with van der Waals surface area (Å²) in [6.07, 6.45) is 6.05. The molecule has 0 amide bonds. The van der Waals surface area contributed by atoms with Gasteiger partial charge in [0.15, 0.2) is 0 Å². The minimum Gasteiger partial charge on any atom is -0.396 e. The second-order valence-electron chi connectivity index (χ2n) is 3.57. The standard InChI is InChI=1S/C11H25NO/c1-3-5-6-9-12(4-2)10-7-8-11-13/h13H,3-11H2,1-2H3. The molecular weight excluding hydrogens is 162 g/mol. The van der Waals surface area contributed by atoms with Gasteiger partial charge in [-0.1, -0.05) is 26.7 Å². The zero-order chi connectivity index (χ0) is 9.94. The lowest BCUT2D eigenvalue weighted by molar-refractivity contribution is 0.245. The van der Waals surface area contributed by atoms with Crippen LogP contribution in [-0.4, -0.2) is 36.2 Å². The molecule has 2 heteroatoms. The maximum atomic E-state index is 8.65. The van der Waals surface area contributed by atoms with E-state index >= 15 is 0 Å². The summed E-state index contributed by atoms with van der Waals surface area (Å²) in [6, 6.07) is 0. The Morgan fingerprint density at radius 2 is 1.54 bits per heavy atom. The van der Waals surface area contributed by atoms with Gasteiger partial charge in [-0.3, -0.25) is 0 Å². The molecule has 0 unspecified atom stereocenters. The highest BCUT2D eigenvalue weighted by atomic mass is 16.2. The molecule has 80 valence electrons. The average Bonchev–Trinajstić information content (AvgIpc) is 2.16. The van der Waals surface area contributed by atoms with Crippen molar-refractivity contribution in [2.75, 3.05) is 26.2 Å². The number of rotatable bonds is 9. The molecule has 0 aromatic heterocycles. The summed E-state index contributed by atoms with van der Waals surface area (Å²) >= 11 is 0. The van der Waals surface area contributed by atoms with Gasteiger partial charge < -0.3 is 10.0 Å². The molecule has 0 heterocycles. The molecule has 0 bridgehead atoms. The smallest absolute Gasteiger partial charge is 0.0431 e. The minimum atomic E-state index is 0.340. The van der Waals surface area contributed by atoms with Crippen LogP contribution in [0, 0.1) is 0 Å². The quantitative estimate of drug-likeness (QED) is 0.560. The maximum absolute atomic E-state index is 8.65. The van der Waals surface area contributed by atoms with E-state index in [-0.39, 0.29) is 0 Å². The topological polar surface area (TPSA) is 23.5 Å². The molecule has 0 radical (unpaired) electrons. The van der Waals surface area contributed by atoms with E-state index in [1.54, 1.807) is 0 Å². The van der Waals surface area contributed by atoms with E-state index in [2.05, 4.69) is 18.7 Å². The van der Waals surface area contributed by atoms with Gasteiger partial charge in [-0.15, -0.1) is 0 Å². The molecule has 0 atom stereocenters. The first-order valence-electron chi connectivity index (χ1n) is 5.68. The van der Waals surface area contributed by atoms with Crippen LogP contribution in [-0.2, 0) is 0 Å². The van der Waals surface area contributed by atoms with Gasteiger partial charge in [0.1, 0.15) is 0 Å². The van der Waals surface area contributed by atoms with E-state index in [0.717, 1.165) is 25.9 Å². The summed E-state index contributed by atoms with van der Waals surface area (Å²) in [5.74, 6) is 0. The average molecular weight is 187 g/mol. The van der Waals surface area contributed by atoms with E-state index < -0.39 is 0 Å². The normalized spacial score (nSPS) is 11.1. The summed E-state index contributed by atoms with van der Waals surface area (Å²) in [7, 11) is 0. The van der Waals surface area contributed by atoms with Crippen molar-refractivity contribution in [3.63, 3.8) is 0 Å². The predicted molar refractivity (Wildman–Crippen MR) is 58.0 cm³/mol. The number of aliphatic hydroxyl groups is 1. The Kier molecular flexibility index (Phi) is 9.94. The molecule has 0 aromatic rings. The number of unbranched alkanes of at least 4 members (excludes halogenated alkanes) is 3. The summed E-state index contributed by atoms with van der Waals surface area (Å²) in [6.45, 7) is 8.32. The first-order valence-corrected chi connectivity index (χ1v) is 5.68. The molecule has 0 aliphatic carbocycles. The molecule has 0 aromatic carbocycles. The lowest BCUT2D eigenvalue weighted by Crippen LogP contribution is -2.25. The molecule has 0 saturated heterocycles. The Balaban J connectivity index is 3.28. The fourth-order valence-corrected chi connectivity index (χ4v) is 1.46. The van der Waals surface area contributed by atoms with Crippen molar-refractivity contribution in [3.8, 4) is 0 Å². The molecule has 0 spiro atoms. The summed E-state index contributed by atoms with van der Waals surface area (Å²) in [5.41, 5.74) is 0. The monoisotopic (exact) mass is 187 g/mol. The third-order valence-electron chi connectivity index (χ3n) is 2.41. The molecule has 13 heavy (non-hydrogen) atoms. The van der Waals surface area contributed by atoms with E-state index in [0.29, 0.717) is 6.61 Å². The highest BCUT2D eigenvalue weighted by Crippen LogP contribution is 2.00. The molecule has 0 rings (SSSR count). The zero-order valence-electron chi connectivity index (χ0n) is 9.26. The van der Waals surface area contributed by atoms with Gasteiger partial charge in [0.05, 0.1) is 0 Å². The highest BCUT2D eigenvalue weighted by Gasteiger charge is 2.00. The zero-order valence-corrected chi connectivity index (χ0v) is 9.26. The van der Waals surface area contributed by atoms with Gasteiger partial charge in [-0.2, -0.15) is 0 Å². The Bertz CT molecular complexity index is 86.1. The fraction of sp³-hybridized carbons (Fsp3) is 1.00. The SMILES string of the molecule is CCCCCN(CC)CCCCO. The molecule has 1 N–H and O–H groups in total. The van der Waals surface area contributed by atoms with Crippen molar-refractivity contribution >= 4 is 0 Å². The molecule has 2 nitrogen and oxygen atoms in total. The van der Waals surface area contributed by atoms with E-state index in [1.165, 1.54) is 25.8 Å². The van der Waals surface area contributed by atoms with Gasteiger partial charge in [-0.05, 0) is 38.9 Å². The molecule has 0 saturated carbocycles. The summed E-state index contributed by atoms with van der Waals surface area (Å²) < 4.78 is 0.